The van der Waals surface area contributed by atoms with Gasteiger partial charge in [0.2, 0.25) is 0 Å². The maximum atomic E-state index is 12.2. The predicted molar refractivity (Wildman–Crippen MR) is 75.6 cm³/mol. The van der Waals surface area contributed by atoms with Gasteiger partial charge in [0.1, 0.15) is 5.60 Å². The summed E-state index contributed by atoms with van der Waals surface area (Å²) < 4.78 is 11.3. The van der Waals surface area contributed by atoms with Crippen LogP contribution in [0.15, 0.2) is 24.3 Å². The summed E-state index contributed by atoms with van der Waals surface area (Å²) in [5.41, 5.74) is 2.10. The van der Waals surface area contributed by atoms with Gasteiger partial charge < -0.3 is 14.4 Å². The zero-order valence-corrected chi connectivity index (χ0v) is 12.3. The Kier molecular flexibility index (Phi) is 3.21. The van der Waals surface area contributed by atoms with Crippen molar-refractivity contribution in [1.29, 1.82) is 0 Å². The fourth-order valence-electron chi connectivity index (χ4n) is 2.94. The number of nitrogens with zero attached hydrogens (tertiary/aromatic N) is 1. The van der Waals surface area contributed by atoms with Gasteiger partial charge in [-0.25, -0.2) is 4.79 Å². The summed E-state index contributed by atoms with van der Waals surface area (Å²) >= 11 is 0. The van der Waals surface area contributed by atoms with E-state index in [1.54, 1.807) is 4.90 Å². The third kappa shape index (κ3) is 2.52. The van der Waals surface area contributed by atoms with Crippen LogP contribution in [0.5, 0.6) is 0 Å². The molecule has 1 aromatic carbocycles. The maximum absolute atomic E-state index is 12.2. The van der Waals surface area contributed by atoms with E-state index in [0.717, 1.165) is 0 Å². The summed E-state index contributed by atoms with van der Waals surface area (Å²) in [4.78, 5) is 13.9. The molecular formula is C16H21NO3. The van der Waals surface area contributed by atoms with Crippen molar-refractivity contribution in [2.24, 2.45) is 0 Å². The minimum atomic E-state index is -0.455. The Morgan fingerprint density at radius 2 is 2.05 bits per heavy atom. The van der Waals surface area contributed by atoms with Crippen molar-refractivity contribution in [3.05, 3.63) is 35.4 Å². The summed E-state index contributed by atoms with van der Waals surface area (Å²) in [6.07, 6.45) is -0.148. The monoisotopic (exact) mass is 275 g/mol. The topological polar surface area (TPSA) is 38.8 Å². The van der Waals surface area contributed by atoms with Gasteiger partial charge in [-0.3, -0.25) is 0 Å². The molecule has 0 saturated carbocycles. The third-order valence-electron chi connectivity index (χ3n) is 3.83. The Bertz CT molecular complexity index is 521. The standard InChI is InChI=1S/C16H21NO3/c1-16(2,3)20-15(18)17-8-13-12-7-5-4-6-11(12)10-19-14(13)9-17/h4-7,13-14H,8-10H2,1-3H3/t13?,14-/m0/s1. The van der Waals surface area contributed by atoms with Gasteiger partial charge in [-0.1, -0.05) is 24.3 Å². The molecule has 0 radical (unpaired) electrons. The SMILES string of the molecule is CC(C)(C)OC(=O)N1CC2c3ccccc3CO[C@H]2C1. The van der Waals surface area contributed by atoms with E-state index < -0.39 is 5.60 Å². The fourth-order valence-corrected chi connectivity index (χ4v) is 2.94. The number of rotatable bonds is 0. The van der Waals surface area contributed by atoms with E-state index in [2.05, 4.69) is 18.2 Å². The van der Waals surface area contributed by atoms with Crippen molar-refractivity contribution >= 4 is 6.09 Å². The van der Waals surface area contributed by atoms with Gasteiger partial charge >= 0.3 is 6.09 Å². The van der Waals surface area contributed by atoms with E-state index >= 15 is 0 Å². The Labute approximate surface area is 119 Å². The molecule has 1 aromatic rings. The Morgan fingerprint density at radius 1 is 1.30 bits per heavy atom. The van der Waals surface area contributed by atoms with E-state index in [4.69, 9.17) is 9.47 Å². The molecule has 2 aliphatic rings. The normalized spacial score (nSPS) is 25.1. The zero-order chi connectivity index (χ0) is 14.3. The summed E-state index contributed by atoms with van der Waals surface area (Å²) in [6, 6.07) is 8.33. The number of carbonyl (C=O) groups is 1. The minimum absolute atomic E-state index is 0.0948. The second-order valence-electron chi connectivity index (χ2n) is 6.54. The number of amides is 1. The number of hydrogen-bond donors (Lipinski definition) is 0. The van der Waals surface area contributed by atoms with Gasteiger partial charge in [0.25, 0.3) is 0 Å². The maximum Gasteiger partial charge on any atom is 0.410 e. The van der Waals surface area contributed by atoms with E-state index in [0.29, 0.717) is 19.7 Å². The molecule has 0 aliphatic carbocycles. The number of benzene rings is 1. The van der Waals surface area contributed by atoms with Gasteiger partial charge in [0.05, 0.1) is 19.3 Å². The Balaban J connectivity index is 1.75. The summed E-state index contributed by atoms with van der Waals surface area (Å²) in [6.45, 7) is 7.60. The van der Waals surface area contributed by atoms with E-state index in [1.165, 1.54) is 11.1 Å². The first-order chi connectivity index (χ1) is 9.44. The Morgan fingerprint density at radius 3 is 2.80 bits per heavy atom. The van der Waals surface area contributed by atoms with Gasteiger partial charge in [-0.05, 0) is 31.9 Å². The molecule has 20 heavy (non-hydrogen) atoms. The molecule has 2 aliphatic heterocycles. The van der Waals surface area contributed by atoms with Crippen LogP contribution in [0, 0.1) is 0 Å². The lowest BCUT2D eigenvalue weighted by molar-refractivity contribution is 0.0127. The largest absolute Gasteiger partial charge is 0.444 e. The van der Waals surface area contributed by atoms with Crippen LogP contribution in [0.25, 0.3) is 0 Å². The van der Waals surface area contributed by atoms with Gasteiger partial charge in [0, 0.05) is 12.5 Å². The van der Waals surface area contributed by atoms with Gasteiger partial charge in [0.15, 0.2) is 0 Å². The Hall–Kier alpha value is -1.55. The van der Waals surface area contributed by atoms with Crippen molar-refractivity contribution in [2.75, 3.05) is 13.1 Å². The highest BCUT2D eigenvalue weighted by Crippen LogP contribution is 2.36. The predicted octanol–water partition coefficient (Wildman–Crippen LogP) is 2.92. The molecule has 1 fully saturated rings. The van der Waals surface area contributed by atoms with Crippen LogP contribution in [-0.2, 0) is 16.1 Å². The van der Waals surface area contributed by atoms with Crippen molar-refractivity contribution in [1.82, 2.24) is 4.90 Å². The first kappa shape index (κ1) is 13.4. The first-order valence-electron chi connectivity index (χ1n) is 7.11. The van der Waals surface area contributed by atoms with Crippen LogP contribution in [0.1, 0.15) is 37.8 Å². The second kappa shape index (κ2) is 4.77. The lowest BCUT2D eigenvalue weighted by Crippen LogP contribution is -2.36. The van der Waals surface area contributed by atoms with Crippen LogP contribution < -0.4 is 0 Å². The minimum Gasteiger partial charge on any atom is -0.444 e. The number of carbonyl (C=O) groups excluding carboxylic acids is 1. The lowest BCUT2D eigenvalue weighted by Gasteiger charge is -2.27. The molecule has 2 atom stereocenters. The number of ether oxygens (including phenoxy) is 2. The molecule has 4 heteroatoms. The smallest absolute Gasteiger partial charge is 0.410 e. The van der Waals surface area contributed by atoms with Crippen LogP contribution in [0.3, 0.4) is 0 Å². The zero-order valence-electron chi connectivity index (χ0n) is 12.3. The number of hydrogen-bond acceptors (Lipinski definition) is 3. The van der Waals surface area contributed by atoms with Crippen molar-refractivity contribution in [3.63, 3.8) is 0 Å². The molecule has 1 saturated heterocycles. The van der Waals surface area contributed by atoms with Crippen molar-refractivity contribution < 1.29 is 14.3 Å². The van der Waals surface area contributed by atoms with E-state index in [-0.39, 0.29) is 18.1 Å². The summed E-state index contributed by atoms with van der Waals surface area (Å²) in [5.74, 6) is 0.271. The van der Waals surface area contributed by atoms with Crippen LogP contribution in [0.2, 0.25) is 0 Å². The molecule has 1 amide bonds. The van der Waals surface area contributed by atoms with E-state index in [1.807, 2.05) is 26.8 Å². The van der Waals surface area contributed by atoms with Crippen LogP contribution in [0.4, 0.5) is 4.79 Å². The molecule has 0 bridgehead atoms. The fraction of sp³-hybridized carbons (Fsp3) is 0.562. The molecule has 3 rings (SSSR count). The first-order valence-corrected chi connectivity index (χ1v) is 7.11. The number of fused-ring (bicyclic) bond motifs is 3. The van der Waals surface area contributed by atoms with Crippen LogP contribution >= 0.6 is 0 Å². The average Bonchev–Trinajstić information content (AvgIpc) is 2.81. The van der Waals surface area contributed by atoms with Crippen molar-refractivity contribution in [2.45, 2.75) is 45.0 Å². The molecular weight excluding hydrogens is 254 g/mol. The van der Waals surface area contributed by atoms with Crippen molar-refractivity contribution in [3.8, 4) is 0 Å². The molecule has 4 nitrogen and oxygen atoms in total. The summed E-state index contributed by atoms with van der Waals surface area (Å²) in [7, 11) is 0. The third-order valence-corrected chi connectivity index (χ3v) is 3.83. The average molecular weight is 275 g/mol. The lowest BCUT2D eigenvalue weighted by atomic mass is 9.90. The molecule has 108 valence electrons. The highest BCUT2D eigenvalue weighted by Gasteiger charge is 2.41. The second-order valence-corrected chi connectivity index (χ2v) is 6.54. The molecule has 0 spiro atoms. The van der Waals surface area contributed by atoms with Crippen LogP contribution in [-0.4, -0.2) is 35.8 Å². The molecule has 1 unspecified atom stereocenters. The quantitative estimate of drug-likeness (QED) is 0.730. The van der Waals surface area contributed by atoms with Gasteiger partial charge in [-0.2, -0.15) is 0 Å². The summed E-state index contributed by atoms with van der Waals surface area (Å²) in [5, 5.41) is 0. The molecule has 0 aromatic heterocycles. The number of likely N-dealkylation sites (tertiary alicyclic amines) is 1. The van der Waals surface area contributed by atoms with Gasteiger partial charge in [-0.15, -0.1) is 0 Å². The molecule has 2 heterocycles. The highest BCUT2D eigenvalue weighted by molar-refractivity contribution is 5.69. The van der Waals surface area contributed by atoms with E-state index in [9.17, 15) is 4.79 Å². The highest BCUT2D eigenvalue weighted by atomic mass is 16.6. The molecule has 0 N–H and O–H groups in total.